The minimum atomic E-state index is -2.21. The highest BCUT2D eigenvalue weighted by molar-refractivity contribution is 6.73. The number of amides is 3. The summed E-state index contributed by atoms with van der Waals surface area (Å²) in [6.07, 6.45) is 2.18. The molecule has 0 saturated carbocycles. The lowest BCUT2D eigenvalue weighted by molar-refractivity contribution is -0.157. The Balaban J connectivity index is 1.71. The standard InChI is InChI=1S/C44H63ClN6O8Si/c1-10-60(11-2,12-3)57-27-44(8)26-47-40(53)33(23-30-18-21-36(56-9)32(45)22-30)49-37(52)15-13-14-35(58-41(54)34(50-42(44)55)24-43(5,6)7)28(4)38-39(59-38)31-19-16-29(17-20-31)25-48-51-46/h13,15-22,28,33-35,38-39H,10-12,14,23-27H2,1-9H3,(H,47,53)(H,49,52)(H,50,55)/b15-13+/t28-,33+,34-,35-,38+,39+,44-/m0/s1. The number of hydrogen-bond acceptors (Lipinski definition) is 9. The van der Waals surface area contributed by atoms with Crippen LogP contribution in [0.1, 0.15) is 91.0 Å². The molecule has 3 amide bonds. The summed E-state index contributed by atoms with van der Waals surface area (Å²) in [5.41, 5.74) is 9.47. The number of rotatable bonds is 15. The van der Waals surface area contributed by atoms with Crippen molar-refractivity contribution in [1.82, 2.24) is 16.0 Å². The normalized spacial score (nSPS) is 25.5. The Morgan fingerprint density at radius 2 is 1.68 bits per heavy atom. The first-order valence-corrected chi connectivity index (χ1v) is 23.8. The first-order chi connectivity index (χ1) is 28.4. The van der Waals surface area contributed by atoms with Crippen molar-refractivity contribution in [3.63, 3.8) is 0 Å². The second-order valence-corrected chi connectivity index (χ2v) is 22.6. The minimum absolute atomic E-state index is 0.0125. The van der Waals surface area contributed by atoms with Crippen molar-refractivity contribution in [3.05, 3.63) is 86.8 Å². The van der Waals surface area contributed by atoms with E-state index in [1.807, 2.05) is 52.0 Å². The van der Waals surface area contributed by atoms with Crippen molar-refractivity contribution >= 4 is 43.6 Å². The maximum atomic E-state index is 14.6. The van der Waals surface area contributed by atoms with E-state index in [0.29, 0.717) is 16.3 Å². The van der Waals surface area contributed by atoms with Crippen LogP contribution >= 0.6 is 11.6 Å². The third-order valence-corrected chi connectivity index (χ3v) is 16.6. The molecule has 2 aliphatic rings. The van der Waals surface area contributed by atoms with Gasteiger partial charge in [-0.2, -0.15) is 0 Å². The molecule has 0 aliphatic carbocycles. The van der Waals surface area contributed by atoms with Gasteiger partial charge in [0, 0.05) is 36.8 Å². The maximum Gasteiger partial charge on any atom is 0.328 e. The zero-order valence-electron chi connectivity index (χ0n) is 36.5. The molecule has 1 saturated heterocycles. The molecule has 2 heterocycles. The Bertz CT molecular complexity index is 1890. The molecule has 1 fully saturated rings. The molecule has 16 heteroatoms. The fraction of sp³-hybridized carbons (Fsp3) is 0.591. The molecule has 2 aliphatic heterocycles. The van der Waals surface area contributed by atoms with Gasteiger partial charge in [0.25, 0.3) is 0 Å². The average Bonchev–Trinajstić information content (AvgIpc) is 4.02. The Labute approximate surface area is 360 Å². The van der Waals surface area contributed by atoms with E-state index in [2.05, 4.69) is 46.7 Å². The minimum Gasteiger partial charge on any atom is -0.495 e. The van der Waals surface area contributed by atoms with Crippen molar-refractivity contribution in [2.45, 2.75) is 130 Å². The number of azide groups is 1. The summed E-state index contributed by atoms with van der Waals surface area (Å²) >= 11 is 6.44. The van der Waals surface area contributed by atoms with Crippen LogP contribution in [-0.4, -0.2) is 76.6 Å². The first kappa shape index (κ1) is 48.3. The van der Waals surface area contributed by atoms with Crippen LogP contribution in [0, 0.1) is 16.7 Å². The third kappa shape index (κ3) is 13.3. The number of methoxy groups -OCH3 is 1. The molecular weight excluding hydrogens is 804 g/mol. The molecular formula is C44H63ClN6O8Si. The predicted molar refractivity (Wildman–Crippen MR) is 234 cm³/mol. The molecule has 2 aromatic carbocycles. The van der Waals surface area contributed by atoms with Gasteiger partial charge in [0.1, 0.15) is 30.0 Å². The average molecular weight is 868 g/mol. The lowest BCUT2D eigenvalue weighted by atomic mass is 9.86. The number of carbonyl (C=O) groups excluding carboxylic acids is 4. The number of carbonyl (C=O) groups is 4. The molecule has 3 N–H and O–H groups in total. The molecule has 0 radical (unpaired) electrons. The van der Waals surface area contributed by atoms with Gasteiger partial charge in [-0.05, 0) is 77.3 Å². The van der Waals surface area contributed by atoms with Crippen LogP contribution in [-0.2, 0) is 46.0 Å². The monoisotopic (exact) mass is 866 g/mol. The molecule has 14 nitrogen and oxygen atoms in total. The van der Waals surface area contributed by atoms with Crippen LogP contribution in [0.25, 0.3) is 10.4 Å². The molecule has 2 aromatic rings. The summed E-state index contributed by atoms with van der Waals surface area (Å²) in [5.74, 6) is -1.95. The van der Waals surface area contributed by atoms with Gasteiger partial charge in [-0.15, -0.1) is 0 Å². The molecule has 0 unspecified atom stereocenters. The van der Waals surface area contributed by atoms with Crippen molar-refractivity contribution in [3.8, 4) is 5.75 Å². The van der Waals surface area contributed by atoms with E-state index in [0.717, 1.165) is 29.3 Å². The number of benzene rings is 2. The molecule has 0 aromatic heterocycles. The molecule has 0 bridgehead atoms. The van der Waals surface area contributed by atoms with Crippen molar-refractivity contribution in [1.29, 1.82) is 0 Å². The fourth-order valence-electron chi connectivity index (χ4n) is 7.45. The maximum absolute atomic E-state index is 14.6. The third-order valence-electron chi connectivity index (χ3n) is 11.7. The topological polar surface area (TPSA) is 193 Å². The summed E-state index contributed by atoms with van der Waals surface area (Å²) in [4.78, 5) is 59.4. The number of ether oxygens (including phenoxy) is 3. The highest BCUT2D eigenvalue weighted by atomic mass is 35.5. The Hall–Kier alpha value is -4.40. The second-order valence-electron chi connectivity index (χ2n) is 17.5. The van der Waals surface area contributed by atoms with Gasteiger partial charge in [-0.1, -0.05) is 102 Å². The van der Waals surface area contributed by atoms with Crippen LogP contribution in [0.15, 0.2) is 59.7 Å². The number of nitrogens with zero attached hydrogens (tertiary/aromatic N) is 3. The summed E-state index contributed by atoms with van der Waals surface area (Å²) in [6, 6.07) is 13.2. The van der Waals surface area contributed by atoms with E-state index < -0.39 is 55.6 Å². The van der Waals surface area contributed by atoms with E-state index in [1.165, 1.54) is 13.2 Å². The number of cyclic esters (lactones) is 1. The lowest BCUT2D eigenvalue weighted by Crippen LogP contribution is -2.57. The van der Waals surface area contributed by atoms with Crippen LogP contribution in [0.4, 0.5) is 0 Å². The van der Waals surface area contributed by atoms with Crippen LogP contribution in [0.3, 0.4) is 0 Å². The highest BCUT2D eigenvalue weighted by Crippen LogP contribution is 2.45. The van der Waals surface area contributed by atoms with E-state index in [4.69, 9.17) is 35.8 Å². The number of epoxide rings is 1. The Morgan fingerprint density at radius 1 is 1.02 bits per heavy atom. The van der Waals surface area contributed by atoms with E-state index in [1.54, 1.807) is 31.2 Å². The van der Waals surface area contributed by atoms with Gasteiger partial charge in [0.2, 0.25) is 17.7 Å². The van der Waals surface area contributed by atoms with Crippen LogP contribution in [0.5, 0.6) is 5.75 Å². The van der Waals surface area contributed by atoms with E-state index >= 15 is 0 Å². The SMILES string of the molecule is CC[Si](CC)(CC)OC[C@]1(C)CNC(=O)[C@@H](Cc2ccc(OC)c(Cl)c2)NC(=O)/C=C/C[C@@H]([C@H](C)[C@H]2O[C@@H]2c2ccc(CN=[N+]=[N-])cc2)OC(=O)[C@H](CC(C)(C)C)NC1=O. The number of nitrogens with one attached hydrogen (secondary N) is 3. The number of esters is 1. The van der Waals surface area contributed by atoms with Gasteiger partial charge in [-0.3, -0.25) is 14.4 Å². The van der Waals surface area contributed by atoms with Crippen molar-refractivity contribution < 1.29 is 37.8 Å². The predicted octanol–water partition coefficient (Wildman–Crippen LogP) is 7.90. The molecule has 4 rings (SSSR count). The molecule has 60 heavy (non-hydrogen) atoms. The zero-order valence-corrected chi connectivity index (χ0v) is 38.3. The molecule has 7 atom stereocenters. The summed E-state index contributed by atoms with van der Waals surface area (Å²) in [6.45, 7) is 16.0. The second kappa shape index (κ2) is 21.4. The van der Waals surface area contributed by atoms with Crippen LogP contribution < -0.4 is 20.7 Å². The smallest absolute Gasteiger partial charge is 0.328 e. The lowest BCUT2D eigenvalue weighted by Gasteiger charge is -2.37. The van der Waals surface area contributed by atoms with Gasteiger partial charge < -0.3 is 34.6 Å². The highest BCUT2D eigenvalue weighted by Gasteiger charge is 2.48. The van der Waals surface area contributed by atoms with Gasteiger partial charge in [0.05, 0.1) is 30.2 Å². The Morgan fingerprint density at radius 3 is 2.28 bits per heavy atom. The van der Waals surface area contributed by atoms with Crippen molar-refractivity contribution in [2.24, 2.45) is 21.9 Å². The van der Waals surface area contributed by atoms with Gasteiger partial charge in [-0.25, -0.2) is 4.79 Å². The largest absolute Gasteiger partial charge is 0.495 e. The number of halogens is 1. The van der Waals surface area contributed by atoms with Gasteiger partial charge in [0.15, 0.2) is 8.32 Å². The fourth-order valence-corrected chi connectivity index (χ4v) is 10.5. The quantitative estimate of drug-likeness (QED) is 0.0402. The van der Waals surface area contributed by atoms with Crippen LogP contribution in [0.2, 0.25) is 23.2 Å². The van der Waals surface area contributed by atoms with Gasteiger partial charge >= 0.3 is 5.97 Å². The van der Waals surface area contributed by atoms with E-state index in [9.17, 15) is 19.2 Å². The Kier molecular flexibility index (Phi) is 17.2. The van der Waals surface area contributed by atoms with E-state index in [-0.39, 0.29) is 62.5 Å². The summed E-state index contributed by atoms with van der Waals surface area (Å²) < 4.78 is 24.5. The molecule has 0 spiro atoms. The van der Waals surface area contributed by atoms with Crippen molar-refractivity contribution in [2.75, 3.05) is 20.3 Å². The first-order valence-electron chi connectivity index (χ1n) is 20.9. The summed E-state index contributed by atoms with van der Waals surface area (Å²) in [7, 11) is -0.703. The zero-order chi connectivity index (χ0) is 44.3. The number of hydrogen-bond donors (Lipinski definition) is 3. The summed E-state index contributed by atoms with van der Waals surface area (Å²) in [5, 5.41) is 12.8. The molecule has 328 valence electrons.